The molecule has 5 heteroatoms. The fraction of sp³-hybridized carbons (Fsp3) is 0.643. The zero-order valence-corrected chi connectivity index (χ0v) is 12.5. The van der Waals surface area contributed by atoms with E-state index in [-0.39, 0.29) is 23.1 Å². The SMILES string of the molecule is Cc1cnc(N2C(=O)[C@H]3CC[C@](C)(C2=O)C3(C)C)s1. The summed E-state index contributed by atoms with van der Waals surface area (Å²) in [6.07, 6.45) is 3.30. The van der Waals surface area contributed by atoms with Gasteiger partial charge >= 0.3 is 0 Å². The average molecular weight is 278 g/mol. The lowest BCUT2D eigenvalue weighted by molar-refractivity contribution is -0.146. The number of thiazole rings is 1. The quantitative estimate of drug-likeness (QED) is 0.742. The number of rotatable bonds is 1. The number of amides is 2. The second kappa shape index (κ2) is 3.66. The van der Waals surface area contributed by atoms with Gasteiger partial charge in [0.05, 0.1) is 5.41 Å². The van der Waals surface area contributed by atoms with Crippen molar-refractivity contribution < 1.29 is 9.59 Å². The summed E-state index contributed by atoms with van der Waals surface area (Å²) in [5.74, 6) is -0.218. The van der Waals surface area contributed by atoms with Crippen molar-refractivity contribution in [1.29, 1.82) is 0 Å². The highest BCUT2D eigenvalue weighted by molar-refractivity contribution is 7.15. The average Bonchev–Trinajstić information content (AvgIpc) is 2.80. The highest BCUT2D eigenvalue weighted by atomic mass is 32.1. The van der Waals surface area contributed by atoms with Crippen molar-refractivity contribution >= 4 is 28.3 Å². The van der Waals surface area contributed by atoms with Crippen LogP contribution >= 0.6 is 11.3 Å². The van der Waals surface area contributed by atoms with E-state index >= 15 is 0 Å². The van der Waals surface area contributed by atoms with E-state index in [1.54, 1.807) is 6.20 Å². The molecule has 1 saturated heterocycles. The number of hydrogen-bond donors (Lipinski definition) is 0. The molecule has 1 aliphatic carbocycles. The van der Waals surface area contributed by atoms with Crippen LogP contribution in [0.3, 0.4) is 0 Å². The molecule has 2 amide bonds. The van der Waals surface area contributed by atoms with E-state index in [2.05, 4.69) is 4.98 Å². The highest BCUT2D eigenvalue weighted by Gasteiger charge is 2.65. The molecule has 2 heterocycles. The van der Waals surface area contributed by atoms with Gasteiger partial charge in [-0.3, -0.25) is 9.59 Å². The van der Waals surface area contributed by atoms with Crippen LogP contribution in [0, 0.1) is 23.7 Å². The third-order valence-corrected chi connectivity index (χ3v) is 6.12. The van der Waals surface area contributed by atoms with Gasteiger partial charge in [0.25, 0.3) is 0 Å². The second-order valence-electron chi connectivity index (χ2n) is 6.38. The predicted octanol–water partition coefficient (Wildman–Crippen LogP) is 2.77. The Morgan fingerprint density at radius 1 is 1.37 bits per heavy atom. The number of fused-ring (bicyclic) bond motifs is 2. The molecule has 19 heavy (non-hydrogen) atoms. The number of carbonyl (C=O) groups is 2. The third kappa shape index (κ3) is 1.42. The Morgan fingerprint density at radius 2 is 2.05 bits per heavy atom. The molecule has 1 aromatic rings. The number of hydrogen-bond acceptors (Lipinski definition) is 4. The van der Waals surface area contributed by atoms with Gasteiger partial charge in [0.2, 0.25) is 11.8 Å². The summed E-state index contributed by atoms with van der Waals surface area (Å²) in [6.45, 7) is 8.02. The molecule has 2 aliphatic rings. The van der Waals surface area contributed by atoms with E-state index < -0.39 is 5.41 Å². The van der Waals surface area contributed by atoms with E-state index in [0.717, 1.165) is 17.7 Å². The van der Waals surface area contributed by atoms with E-state index in [1.807, 2.05) is 27.7 Å². The number of piperidine rings is 1. The number of aromatic nitrogens is 1. The second-order valence-corrected chi connectivity index (χ2v) is 7.59. The van der Waals surface area contributed by atoms with Crippen molar-refractivity contribution in [1.82, 2.24) is 4.98 Å². The normalized spacial score (nSPS) is 33.1. The van der Waals surface area contributed by atoms with Gasteiger partial charge in [-0.05, 0) is 25.2 Å². The first kappa shape index (κ1) is 12.8. The van der Waals surface area contributed by atoms with Crippen LogP contribution in [0.4, 0.5) is 5.13 Å². The van der Waals surface area contributed by atoms with Gasteiger partial charge in [-0.15, -0.1) is 11.3 Å². The van der Waals surface area contributed by atoms with E-state index in [4.69, 9.17) is 0 Å². The lowest BCUT2D eigenvalue weighted by atomic mass is 9.62. The molecule has 0 spiro atoms. The zero-order chi connectivity index (χ0) is 14.0. The maximum Gasteiger partial charge on any atom is 0.242 e. The molecular weight excluding hydrogens is 260 g/mol. The third-order valence-electron chi connectivity index (χ3n) is 5.22. The largest absolute Gasteiger partial charge is 0.274 e. The van der Waals surface area contributed by atoms with Crippen LogP contribution in [-0.2, 0) is 9.59 Å². The summed E-state index contributed by atoms with van der Waals surface area (Å²) in [6, 6.07) is 0. The van der Waals surface area contributed by atoms with Gasteiger partial charge in [0, 0.05) is 17.0 Å². The van der Waals surface area contributed by atoms with E-state index in [9.17, 15) is 9.59 Å². The molecule has 2 bridgehead atoms. The number of anilines is 1. The Morgan fingerprint density at radius 3 is 2.63 bits per heavy atom. The minimum absolute atomic E-state index is 0.0700. The smallest absolute Gasteiger partial charge is 0.242 e. The molecule has 1 saturated carbocycles. The molecule has 0 aromatic carbocycles. The number of nitrogens with zero attached hydrogens (tertiary/aromatic N) is 2. The first-order valence-electron chi connectivity index (χ1n) is 6.60. The molecule has 2 fully saturated rings. The predicted molar refractivity (Wildman–Crippen MR) is 74.0 cm³/mol. The van der Waals surface area contributed by atoms with Gasteiger partial charge in [-0.25, -0.2) is 9.88 Å². The molecule has 2 atom stereocenters. The van der Waals surface area contributed by atoms with Gasteiger partial charge in [-0.2, -0.15) is 0 Å². The van der Waals surface area contributed by atoms with Gasteiger partial charge in [0.1, 0.15) is 0 Å². The van der Waals surface area contributed by atoms with Crippen molar-refractivity contribution in [2.24, 2.45) is 16.7 Å². The Kier molecular flexibility index (Phi) is 2.46. The minimum Gasteiger partial charge on any atom is -0.274 e. The Balaban J connectivity index is 2.11. The molecule has 0 N–H and O–H groups in total. The van der Waals surface area contributed by atoms with Crippen LogP contribution < -0.4 is 4.90 Å². The van der Waals surface area contributed by atoms with Gasteiger partial charge in [0.15, 0.2) is 5.13 Å². The molecule has 102 valence electrons. The van der Waals surface area contributed by atoms with Crippen LogP contribution in [0.15, 0.2) is 6.20 Å². The van der Waals surface area contributed by atoms with Crippen molar-refractivity contribution in [3.8, 4) is 0 Å². The summed E-state index contributed by atoms with van der Waals surface area (Å²) in [4.78, 5) is 32.0. The Hall–Kier alpha value is -1.23. The zero-order valence-electron chi connectivity index (χ0n) is 11.7. The first-order chi connectivity index (χ1) is 8.79. The van der Waals surface area contributed by atoms with Gasteiger partial charge < -0.3 is 0 Å². The van der Waals surface area contributed by atoms with Crippen LogP contribution in [0.1, 0.15) is 38.5 Å². The molecule has 0 unspecified atom stereocenters. The monoisotopic (exact) mass is 278 g/mol. The molecule has 1 aromatic heterocycles. The van der Waals surface area contributed by atoms with Crippen molar-refractivity contribution in [2.75, 3.05) is 4.90 Å². The van der Waals surface area contributed by atoms with Crippen LogP contribution in [0.25, 0.3) is 0 Å². The van der Waals surface area contributed by atoms with Crippen LogP contribution in [0.5, 0.6) is 0 Å². The summed E-state index contributed by atoms with van der Waals surface area (Å²) >= 11 is 1.41. The molecular formula is C14H18N2O2S. The summed E-state index contributed by atoms with van der Waals surface area (Å²) in [5.41, 5.74) is -0.713. The van der Waals surface area contributed by atoms with E-state index in [1.165, 1.54) is 16.2 Å². The fourth-order valence-corrected chi connectivity index (χ4v) is 4.21. The fourth-order valence-electron chi connectivity index (χ4n) is 3.45. The topological polar surface area (TPSA) is 50.3 Å². The first-order valence-corrected chi connectivity index (χ1v) is 7.41. The lowest BCUT2D eigenvalue weighted by Gasteiger charge is -2.46. The molecule has 0 radical (unpaired) electrons. The summed E-state index contributed by atoms with van der Waals surface area (Å²) < 4.78 is 0. The maximum atomic E-state index is 12.8. The number of carbonyl (C=O) groups excluding carboxylic acids is 2. The number of imide groups is 1. The van der Waals surface area contributed by atoms with Crippen molar-refractivity contribution in [2.45, 2.75) is 40.5 Å². The van der Waals surface area contributed by atoms with Crippen LogP contribution in [-0.4, -0.2) is 16.8 Å². The van der Waals surface area contributed by atoms with Crippen LogP contribution in [0.2, 0.25) is 0 Å². The molecule has 3 rings (SSSR count). The maximum absolute atomic E-state index is 12.8. The van der Waals surface area contributed by atoms with E-state index in [0.29, 0.717) is 5.13 Å². The Labute approximate surface area is 116 Å². The van der Waals surface area contributed by atoms with Gasteiger partial charge in [-0.1, -0.05) is 20.8 Å². The number of aryl methyl sites for hydroxylation is 1. The highest BCUT2D eigenvalue weighted by Crippen LogP contribution is 2.60. The minimum atomic E-state index is -0.453. The molecule has 4 nitrogen and oxygen atoms in total. The van der Waals surface area contributed by atoms with Crippen molar-refractivity contribution in [3.63, 3.8) is 0 Å². The van der Waals surface area contributed by atoms with Crippen molar-refractivity contribution in [3.05, 3.63) is 11.1 Å². The summed E-state index contributed by atoms with van der Waals surface area (Å²) in [7, 11) is 0. The summed E-state index contributed by atoms with van der Waals surface area (Å²) in [5, 5.41) is 0.529. The lowest BCUT2D eigenvalue weighted by Crippen LogP contribution is -2.59. The Bertz CT molecular complexity index is 578. The molecule has 1 aliphatic heterocycles. The standard InChI is InChI=1S/C14H18N2O2S/c1-8-7-15-12(19-8)16-10(17)9-5-6-14(4,11(16)18)13(9,2)3/h7,9H,5-6H2,1-4H3/t9-,14-/m1/s1.